The number of nitrogens with two attached hydrogens (primary N) is 1. The summed E-state index contributed by atoms with van der Waals surface area (Å²) in [5.74, 6) is -0.604. The van der Waals surface area contributed by atoms with E-state index in [0.717, 1.165) is 5.56 Å². The number of nitrogen functional groups attached to an aromatic ring is 1. The van der Waals surface area contributed by atoms with Crippen molar-refractivity contribution >= 4 is 23.3 Å². The fourth-order valence-electron chi connectivity index (χ4n) is 2.78. The number of ether oxygens (including phenoxy) is 1. The van der Waals surface area contributed by atoms with Crippen LogP contribution in [0.1, 0.15) is 12.0 Å². The van der Waals surface area contributed by atoms with Crippen LogP contribution < -0.4 is 15.4 Å². The van der Waals surface area contributed by atoms with E-state index in [0.29, 0.717) is 23.5 Å². The summed E-state index contributed by atoms with van der Waals surface area (Å²) in [6.45, 7) is 0.113. The van der Waals surface area contributed by atoms with Crippen LogP contribution >= 0.6 is 0 Å². The second-order valence-electron chi connectivity index (χ2n) is 5.66. The smallest absolute Gasteiger partial charge is 0.305 e. The van der Waals surface area contributed by atoms with Gasteiger partial charge < -0.3 is 20.5 Å². The molecule has 0 saturated carbocycles. The van der Waals surface area contributed by atoms with Crippen LogP contribution in [0.3, 0.4) is 0 Å². The number of nitrogens with zero attached hydrogens (tertiary/aromatic N) is 1. The number of carbonyl (C=O) groups is 2. The Morgan fingerprint density at radius 3 is 2.75 bits per heavy atom. The number of benzene rings is 2. The molecule has 2 aromatic rings. The summed E-state index contributed by atoms with van der Waals surface area (Å²) in [6.07, 6.45) is -0.442. The lowest BCUT2D eigenvalue weighted by molar-refractivity contribution is -0.136. The van der Waals surface area contributed by atoms with Gasteiger partial charge in [0.25, 0.3) is 5.91 Å². The molecule has 1 atom stereocenters. The van der Waals surface area contributed by atoms with Crippen LogP contribution in [-0.2, 0) is 16.0 Å². The van der Waals surface area contributed by atoms with E-state index in [1.165, 1.54) is 4.90 Å². The Morgan fingerprint density at radius 2 is 2.00 bits per heavy atom. The van der Waals surface area contributed by atoms with Crippen LogP contribution in [0.2, 0.25) is 0 Å². The molecule has 3 N–H and O–H groups in total. The van der Waals surface area contributed by atoms with Crippen LogP contribution in [0.5, 0.6) is 5.75 Å². The van der Waals surface area contributed by atoms with E-state index in [-0.39, 0.29) is 18.9 Å². The summed E-state index contributed by atoms with van der Waals surface area (Å²) in [5, 5.41) is 8.93. The molecule has 1 heterocycles. The molecule has 6 nitrogen and oxygen atoms in total. The van der Waals surface area contributed by atoms with Crippen molar-refractivity contribution in [3.05, 3.63) is 54.1 Å². The molecule has 2 aromatic carbocycles. The highest BCUT2D eigenvalue weighted by molar-refractivity contribution is 6.00. The minimum absolute atomic E-state index is 0.113. The largest absolute Gasteiger partial charge is 0.481 e. The first-order valence-electron chi connectivity index (χ1n) is 7.68. The highest BCUT2D eigenvalue weighted by Gasteiger charge is 2.34. The minimum atomic E-state index is -0.945. The van der Waals surface area contributed by atoms with E-state index in [4.69, 9.17) is 15.6 Å². The minimum Gasteiger partial charge on any atom is -0.481 e. The Morgan fingerprint density at radius 1 is 1.21 bits per heavy atom. The predicted octanol–water partition coefficient (Wildman–Crippen LogP) is 2.08. The van der Waals surface area contributed by atoms with E-state index in [1.807, 2.05) is 18.2 Å². The van der Waals surface area contributed by atoms with Crippen LogP contribution in [0.4, 0.5) is 11.4 Å². The van der Waals surface area contributed by atoms with Gasteiger partial charge in [0.2, 0.25) is 0 Å². The first-order chi connectivity index (χ1) is 11.5. The first-order valence-corrected chi connectivity index (χ1v) is 7.68. The average Bonchev–Trinajstić information content (AvgIpc) is 2.55. The molecule has 0 radical (unpaired) electrons. The lowest BCUT2D eigenvalue weighted by Crippen LogP contribution is -2.47. The molecule has 1 aliphatic heterocycles. The third-order valence-electron chi connectivity index (χ3n) is 3.89. The Bertz CT molecular complexity index is 775. The Kier molecular flexibility index (Phi) is 4.37. The summed E-state index contributed by atoms with van der Waals surface area (Å²) >= 11 is 0. The molecule has 0 spiro atoms. The van der Waals surface area contributed by atoms with E-state index >= 15 is 0 Å². The fraction of sp³-hybridized carbons (Fsp3) is 0.222. The molecule has 0 saturated heterocycles. The molecule has 1 unspecified atom stereocenters. The second-order valence-corrected chi connectivity index (χ2v) is 5.66. The SMILES string of the molecule is Nc1cccc(CC2Oc3ccccc3N(CCC(=O)O)C2=O)c1. The van der Waals surface area contributed by atoms with Crippen molar-refractivity contribution in [1.29, 1.82) is 0 Å². The second kappa shape index (κ2) is 6.62. The number of anilines is 2. The molecule has 3 rings (SSSR count). The van der Waals surface area contributed by atoms with Gasteiger partial charge in [-0.15, -0.1) is 0 Å². The molecular weight excluding hydrogens is 308 g/mol. The van der Waals surface area contributed by atoms with Crippen molar-refractivity contribution < 1.29 is 19.4 Å². The van der Waals surface area contributed by atoms with Gasteiger partial charge in [0.15, 0.2) is 6.10 Å². The van der Waals surface area contributed by atoms with Crippen molar-refractivity contribution in [3.63, 3.8) is 0 Å². The van der Waals surface area contributed by atoms with Crippen LogP contribution in [0.15, 0.2) is 48.5 Å². The molecule has 1 amide bonds. The quantitative estimate of drug-likeness (QED) is 0.821. The predicted molar refractivity (Wildman–Crippen MR) is 90.0 cm³/mol. The Labute approximate surface area is 139 Å². The van der Waals surface area contributed by atoms with E-state index < -0.39 is 12.1 Å². The van der Waals surface area contributed by atoms with Gasteiger partial charge in [0, 0.05) is 18.7 Å². The molecule has 0 fully saturated rings. The molecule has 0 aliphatic carbocycles. The van der Waals surface area contributed by atoms with Gasteiger partial charge in [-0.2, -0.15) is 0 Å². The van der Waals surface area contributed by atoms with Gasteiger partial charge in [-0.25, -0.2) is 0 Å². The molecule has 124 valence electrons. The summed E-state index contributed by atoms with van der Waals surface area (Å²) in [6, 6.07) is 14.4. The highest BCUT2D eigenvalue weighted by Crippen LogP contribution is 2.34. The van der Waals surface area contributed by atoms with E-state index in [2.05, 4.69) is 0 Å². The van der Waals surface area contributed by atoms with Crippen molar-refractivity contribution in [1.82, 2.24) is 0 Å². The molecular formula is C18H18N2O4. The summed E-state index contributed by atoms with van der Waals surface area (Å²) in [7, 11) is 0. The standard InChI is InChI=1S/C18H18N2O4/c19-13-5-3-4-12(10-13)11-16-18(23)20(9-8-17(21)22)14-6-1-2-7-15(14)24-16/h1-7,10,16H,8-9,11,19H2,(H,21,22). The van der Waals surface area contributed by atoms with Gasteiger partial charge in [-0.05, 0) is 29.8 Å². The number of carboxylic acid groups (broad SMARTS) is 1. The molecule has 24 heavy (non-hydrogen) atoms. The van der Waals surface area contributed by atoms with E-state index in [9.17, 15) is 9.59 Å². The normalized spacial score (nSPS) is 16.4. The number of amides is 1. The number of para-hydroxylation sites is 2. The van der Waals surface area contributed by atoms with Gasteiger partial charge in [-0.3, -0.25) is 9.59 Å². The number of carboxylic acids is 1. The van der Waals surface area contributed by atoms with Gasteiger partial charge in [0.1, 0.15) is 5.75 Å². The number of rotatable bonds is 5. The number of hydrogen-bond acceptors (Lipinski definition) is 4. The Hall–Kier alpha value is -3.02. The zero-order chi connectivity index (χ0) is 17.1. The Balaban J connectivity index is 1.87. The fourth-order valence-corrected chi connectivity index (χ4v) is 2.78. The van der Waals surface area contributed by atoms with Gasteiger partial charge in [0.05, 0.1) is 12.1 Å². The zero-order valence-corrected chi connectivity index (χ0v) is 13.0. The van der Waals surface area contributed by atoms with Crippen molar-refractivity contribution in [2.75, 3.05) is 17.2 Å². The van der Waals surface area contributed by atoms with Crippen molar-refractivity contribution in [2.24, 2.45) is 0 Å². The summed E-state index contributed by atoms with van der Waals surface area (Å²) in [4.78, 5) is 25.1. The molecule has 1 aliphatic rings. The number of aliphatic carboxylic acids is 1. The highest BCUT2D eigenvalue weighted by atomic mass is 16.5. The summed E-state index contributed by atoms with van der Waals surface area (Å²) in [5.41, 5.74) is 7.90. The molecule has 0 aromatic heterocycles. The number of fused-ring (bicyclic) bond motifs is 1. The first kappa shape index (κ1) is 15.9. The van der Waals surface area contributed by atoms with Crippen LogP contribution in [0, 0.1) is 0 Å². The third kappa shape index (κ3) is 3.32. The van der Waals surface area contributed by atoms with E-state index in [1.54, 1.807) is 30.3 Å². The zero-order valence-electron chi connectivity index (χ0n) is 13.0. The molecule has 0 bridgehead atoms. The van der Waals surface area contributed by atoms with Crippen LogP contribution in [0.25, 0.3) is 0 Å². The monoisotopic (exact) mass is 326 g/mol. The lowest BCUT2D eigenvalue weighted by atomic mass is 10.0. The topological polar surface area (TPSA) is 92.9 Å². The number of hydrogen-bond donors (Lipinski definition) is 2. The molecule has 6 heteroatoms. The average molecular weight is 326 g/mol. The third-order valence-corrected chi connectivity index (χ3v) is 3.89. The van der Waals surface area contributed by atoms with Gasteiger partial charge in [-0.1, -0.05) is 24.3 Å². The maximum Gasteiger partial charge on any atom is 0.305 e. The van der Waals surface area contributed by atoms with Gasteiger partial charge >= 0.3 is 5.97 Å². The number of carbonyl (C=O) groups excluding carboxylic acids is 1. The van der Waals surface area contributed by atoms with Crippen LogP contribution in [-0.4, -0.2) is 29.6 Å². The lowest BCUT2D eigenvalue weighted by Gasteiger charge is -2.34. The van der Waals surface area contributed by atoms with Crippen molar-refractivity contribution in [3.8, 4) is 5.75 Å². The van der Waals surface area contributed by atoms with Crippen molar-refractivity contribution in [2.45, 2.75) is 18.9 Å². The maximum atomic E-state index is 12.8. The maximum absolute atomic E-state index is 12.8. The summed E-state index contributed by atoms with van der Waals surface area (Å²) < 4.78 is 5.85.